The van der Waals surface area contributed by atoms with Gasteiger partial charge in [0.25, 0.3) is 0 Å². The normalized spacial score (nSPS) is 23.3. The molecule has 1 heterocycles. The summed E-state index contributed by atoms with van der Waals surface area (Å²) in [4.78, 5) is 0. The summed E-state index contributed by atoms with van der Waals surface area (Å²) in [5.74, 6) is -0.155. The zero-order chi connectivity index (χ0) is 15.5. The van der Waals surface area contributed by atoms with Crippen molar-refractivity contribution in [1.82, 2.24) is 5.32 Å². The van der Waals surface area contributed by atoms with Gasteiger partial charge in [0.15, 0.2) is 0 Å². The van der Waals surface area contributed by atoms with Gasteiger partial charge in [0.05, 0.1) is 6.61 Å². The number of hydrogen-bond acceptors (Lipinski definition) is 2. The lowest BCUT2D eigenvalue weighted by Crippen LogP contribution is -2.48. The fourth-order valence-electron chi connectivity index (χ4n) is 2.97. The first-order valence-corrected chi connectivity index (χ1v) is 7.88. The lowest BCUT2D eigenvalue weighted by molar-refractivity contribution is -0.0100. The van der Waals surface area contributed by atoms with Gasteiger partial charge in [-0.25, -0.2) is 4.39 Å². The number of nitrogens with one attached hydrogen (secondary N) is 1. The van der Waals surface area contributed by atoms with Gasteiger partial charge >= 0.3 is 0 Å². The van der Waals surface area contributed by atoms with E-state index in [0.29, 0.717) is 0 Å². The van der Waals surface area contributed by atoms with E-state index in [0.717, 1.165) is 44.6 Å². The minimum atomic E-state index is -0.155. The van der Waals surface area contributed by atoms with Crippen LogP contribution in [0.4, 0.5) is 4.39 Å². The zero-order valence-electron chi connectivity index (χ0n) is 13.8. The molecule has 0 saturated carbocycles. The number of rotatable bonds is 4. The van der Waals surface area contributed by atoms with E-state index < -0.39 is 0 Å². The molecular weight excluding hydrogens is 265 g/mol. The quantitative estimate of drug-likeness (QED) is 0.910. The van der Waals surface area contributed by atoms with Crippen LogP contribution in [0.2, 0.25) is 0 Å². The summed E-state index contributed by atoms with van der Waals surface area (Å²) in [6.45, 7) is 11.1. The predicted molar refractivity (Wildman–Crippen MR) is 85.1 cm³/mol. The second-order valence-electron chi connectivity index (χ2n) is 7.51. The molecule has 2 nitrogen and oxygen atoms in total. The molecule has 1 fully saturated rings. The SMILES string of the molecule is Cc1cc(F)ccc1CC1(CNC(C)(C)C)CCCOC1. The van der Waals surface area contributed by atoms with E-state index in [1.54, 1.807) is 12.1 Å². The minimum Gasteiger partial charge on any atom is -0.381 e. The monoisotopic (exact) mass is 293 g/mol. The molecule has 1 unspecified atom stereocenters. The van der Waals surface area contributed by atoms with Crippen LogP contribution in [-0.4, -0.2) is 25.3 Å². The molecule has 21 heavy (non-hydrogen) atoms. The Morgan fingerprint density at radius 1 is 1.33 bits per heavy atom. The topological polar surface area (TPSA) is 21.3 Å². The van der Waals surface area contributed by atoms with E-state index in [-0.39, 0.29) is 16.8 Å². The van der Waals surface area contributed by atoms with Gasteiger partial charge in [0.2, 0.25) is 0 Å². The molecule has 1 saturated heterocycles. The fraction of sp³-hybridized carbons (Fsp3) is 0.667. The Balaban J connectivity index is 2.15. The van der Waals surface area contributed by atoms with Crippen molar-refractivity contribution in [1.29, 1.82) is 0 Å². The molecule has 1 N–H and O–H groups in total. The van der Waals surface area contributed by atoms with Gasteiger partial charge in [0, 0.05) is 24.1 Å². The number of aryl methyl sites for hydroxylation is 1. The largest absolute Gasteiger partial charge is 0.381 e. The summed E-state index contributed by atoms with van der Waals surface area (Å²) >= 11 is 0. The number of halogens is 1. The molecule has 0 aliphatic carbocycles. The van der Waals surface area contributed by atoms with Crippen LogP contribution in [0.25, 0.3) is 0 Å². The Bertz CT molecular complexity index is 473. The summed E-state index contributed by atoms with van der Waals surface area (Å²) in [6, 6.07) is 5.12. The van der Waals surface area contributed by atoms with Crippen molar-refractivity contribution < 1.29 is 9.13 Å². The van der Waals surface area contributed by atoms with Crippen molar-refractivity contribution in [3.05, 3.63) is 35.1 Å². The van der Waals surface area contributed by atoms with E-state index >= 15 is 0 Å². The van der Waals surface area contributed by atoms with Crippen molar-refractivity contribution in [2.24, 2.45) is 5.41 Å². The Hall–Kier alpha value is -0.930. The Labute approximate surface area is 128 Å². The highest BCUT2D eigenvalue weighted by molar-refractivity contribution is 5.28. The fourth-order valence-corrected chi connectivity index (χ4v) is 2.97. The van der Waals surface area contributed by atoms with E-state index in [4.69, 9.17) is 4.74 Å². The van der Waals surface area contributed by atoms with Crippen LogP contribution in [-0.2, 0) is 11.2 Å². The number of hydrogen-bond donors (Lipinski definition) is 1. The van der Waals surface area contributed by atoms with Gasteiger partial charge in [-0.1, -0.05) is 6.07 Å². The highest BCUT2D eigenvalue weighted by Gasteiger charge is 2.34. The highest BCUT2D eigenvalue weighted by Crippen LogP contribution is 2.33. The lowest BCUT2D eigenvalue weighted by Gasteiger charge is -2.40. The molecule has 1 aliphatic heterocycles. The van der Waals surface area contributed by atoms with E-state index in [9.17, 15) is 4.39 Å². The summed E-state index contributed by atoms with van der Waals surface area (Å²) < 4.78 is 19.1. The van der Waals surface area contributed by atoms with Gasteiger partial charge in [-0.2, -0.15) is 0 Å². The standard InChI is InChI=1S/C18H28FNO/c1-14-10-16(19)7-6-15(14)11-18(8-5-9-21-13-18)12-20-17(2,3)4/h6-7,10,20H,5,8-9,11-13H2,1-4H3. The molecule has 1 atom stereocenters. The minimum absolute atomic E-state index is 0.0995. The van der Waals surface area contributed by atoms with E-state index in [2.05, 4.69) is 26.1 Å². The van der Waals surface area contributed by atoms with Crippen LogP contribution < -0.4 is 5.32 Å². The zero-order valence-corrected chi connectivity index (χ0v) is 13.8. The van der Waals surface area contributed by atoms with Crippen molar-refractivity contribution in [3.8, 4) is 0 Å². The maximum Gasteiger partial charge on any atom is 0.123 e. The first-order valence-electron chi connectivity index (χ1n) is 7.88. The average Bonchev–Trinajstić information content (AvgIpc) is 2.41. The smallest absolute Gasteiger partial charge is 0.123 e. The summed E-state index contributed by atoms with van der Waals surface area (Å²) in [5, 5.41) is 3.63. The molecule has 0 radical (unpaired) electrons. The second-order valence-corrected chi connectivity index (χ2v) is 7.51. The second kappa shape index (κ2) is 6.45. The lowest BCUT2D eigenvalue weighted by atomic mass is 9.76. The maximum atomic E-state index is 13.3. The molecule has 3 heteroatoms. The predicted octanol–water partition coefficient (Wildman–Crippen LogP) is 3.86. The Morgan fingerprint density at radius 2 is 2.10 bits per heavy atom. The Morgan fingerprint density at radius 3 is 2.67 bits per heavy atom. The van der Waals surface area contributed by atoms with Gasteiger partial charge < -0.3 is 10.1 Å². The number of ether oxygens (including phenoxy) is 1. The maximum absolute atomic E-state index is 13.3. The molecule has 0 bridgehead atoms. The van der Waals surface area contributed by atoms with E-state index in [1.807, 2.05) is 13.0 Å². The van der Waals surface area contributed by atoms with Crippen LogP contribution in [0.5, 0.6) is 0 Å². The molecular formula is C18H28FNO. The molecule has 2 rings (SSSR count). The summed E-state index contributed by atoms with van der Waals surface area (Å²) in [6.07, 6.45) is 3.21. The molecule has 1 aromatic carbocycles. The average molecular weight is 293 g/mol. The van der Waals surface area contributed by atoms with Crippen molar-refractivity contribution in [2.75, 3.05) is 19.8 Å². The van der Waals surface area contributed by atoms with Crippen molar-refractivity contribution in [2.45, 2.75) is 52.5 Å². The van der Waals surface area contributed by atoms with Gasteiger partial charge in [-0.05, 0) is 70.2 Å². The van der Waals surface area contributed by atoms with Crippen LogP contribution in [0.3, 0.4) is 0 Å². The number of benzene rings is 1. The molecule has 0 spiro atoms. The third kappa shape index (κ3) is 4.79. The first-order chi connectivity index (χ1) is 9.80. The molecule has 118 valence electrons. The van der Waals surface area contributed by atoms with E-state index in [1.165, 1.54) is 5.56 Å². The highest BCUT2D eigenvalue weighted by atomic mass is 19.1. The third-order valence-corrected chi connectivity index (χ3v) is 4.27. The van der Waals surface area contributed by atoms with Crippen molar-refractivity contribution >= 4 is 0 Å². The third-order valence-electron chi connectivity index (χ3n) is 4.27. The molecule has 0 amide bonds. The summed E-state index contributed by atoms with van der Waals surface area (Å²) in [7, 11) is 0. The molecule has 0 aromatic heterocycles. The van der Waals surface area contributed by atoms with Crippen LogP contribution in [0.15, 0.2) is 18.2 Å². The molecule has 1 aromatic rings. The first kappa shape index (κ1) is 16.4. The van der Waals surface area contributed by atoms with Crippen LogP contribution >= 0.6 is 0 Å². The molecule has 1 aliphatic rings. The Kier molecular flexibility index (Phi) is 5.05. The van der Waals surface area contributed by atoms with Gasteiger partial charge in [0.1, 0.15) is 5.82 Å². The summed E-state index contributed by atoms with van der Waals surface area (Å²) in [5.41, 5.74) is 2.49. The van der Waals surface area contributed by atoms with Gasteiger partial charge in [-0.3, -0.25) is 0 Å². The van der Waals surface area contributed by atoms with Crippen LogP contribution in [0, 0.1) is 18.2 Å². The van der Waals surface area contributed by atoms with Crippen LogP contribution in [0.1, 0.15) is 44.7 Å². The van der Waals surface area contributed by atoms with Crippen molar-refractivity contribution in [3.63, 3.8) is 0 Å². The van der Waals surface area contributed by atoms with Gasteiger partial charge in [-0.15, -0.1) is 0 Å².